The van der Waals surface area contributed by atoms with Crippen LogP contribution >= 0.6 is 0 Å². The minimum Gasteiger partial charge on any atom is -0.352 e. The third-order valence-corrected chi connectivity index (χ3v) is 4.86. The van der Waals surface area contributed by atoms with Gasteiger partial charge in [-0.1, -0.05) is 17.7 Å². The maximum Gasteiger partial charge on any atom is 0.225 e. The zero-order chi connectivity index (χ0) is 16.8. The smallest absolute Gasteiger partial charge is 0.225 e. The van der Waals surface area contributed by atoms with Crippen molar-refractivity contribution in [3.05, 3.63) is 41.7 Å². The summed E-state index contributed by atoms with van der Waals surface area (Å²) in [5, 5.41) is 2.92. The largest absolute Gasteiger partial charge is 0.352 e. The summed E-state index contributed by atoms with van der Waals surface area (Å²) in [7, 11) is 0. The van der Waals surface area contributed by atoms with E-state index in [1.54, 1.807) is 12.4 Å². The maximum atomic E-state index is 12.3. The molecule has 0 saturated carbocycles. The number of hydrogen-bond acceptors (Lipinski definition) is 3. The zero-order valence-corrected chi connectivity index (χ0v) is 14.0. The van der Waals surface area contributed by atoms with Gasteiger partial charge in [-0.15, -0.1) is 0 Å². The van der Waals surface area contributed by atoms with Gasteiger partial charge in [0.15, 0.2) is 0 Å². The fraction of sp³-hybridized carbons (Fsp3) is 0.526. The lowest BCUT2D eigenvalue weighted by atomic mass is 9.97. The van der Waals surface area contributed by atoms with Gasteiger partial charge < -0.3 is 10.2 Å². The van der Waals surface area contributed by atoms with Crippen LogP contribution in [-0.4, -0.2) is 34.8 Å². The van der Waals surface area contributed by atoms with Crippen molar-refractivity contribution in [1.82, 2.24) is 15.2 Å². The molecule has 24 heavy (non-hydrogen) atoms. The Kier molecular flexibility index (Phi) is 5.62. The lowest BCUT2D eigenvalue weighted by Crippen LogP contribution is -2.33. The lowest BCUT2D eigenvalue weighted by molar-refractivity contribution is -0.129. The van der Waals surface area contributed by atoms with E-state index in [0.29, 0.717) is 19.5 Å². The van der Waals surface area contributed by atoms with Gasteiger partial charge in [0.05, 0.1) is 5.92 Å². The van der Waals surface area contributed by atoms with Gasteiger partial charge in [0.1, 0.15) is 0 Å². The second-order valence-corrected chi connectivity index (χ2v) is 6.68. The van der Waals surface area contributed by atoms with Crippen molar-refractivity contribution < 1.29 is 9.59 Å². The van der Waals surface area contributed by atoms with Crippen LogP contribution in [0.2, 0.25) is 0 Å². The summed E-state index contributed by atoms with van der Waals surface area (Å²) in [6, 6.07) is 3.78. The highest BCUT2D eigenvalue weighted by atomic mass is 16.2. The van der Waals surface area contributed by atoms with Gasteiger partial charge in [-0.2, -0.15) is 0 Å². The van der Waals surface area contributed by atoms with Gasteiger partial charge in [-0.25, -0.2) is 0 Å². The molecule has 128 valence electrons. The number of hydrogen-bond donors (Lipinski definition) is 1. The molecule has 1 N–H and O–H groups in total. The monoisotopic (exact) mass is 327 g/mol. The molecule has 1 aliphatic carbocycles. The fourth-order valence-corrected chi connectivity index (χ4v) is 3.41. The molecule has 1 fully saturated rings. The van der Waals surface area contributed by atoms with Crippen LogP contribution in [0.4, 0.5) is 0 Å². The number of aromatic nitrogens is 1. The zero-order valence-electron chi connectivity index (χ0n) is 14.0. The molecule has 1 aliphatic heterocycles. The first kappa shape index (κ1) is 16.7. The van der Waals surface area contributed by atoms with Gasteiger partial charge in [0, 0.05) is 38.4 Å². The standard InChI is InChI=1S/C19H25N3O2/c23-18-11-17(19(24)21-13-16-7-4-9-20-12-16)14-22(18)10-8-15-5-2-1-3-6-15/h4-5,7,9,12,17H,1-3,6,8,10-11,13-14H2,(H,21,24). The van der Waals surface area contributed by atoms with E-state index >= 15 is 0 Å². The molecule has 0 aromatic carbocycles. The molecule has 0 bridgehead atoms. The number of rotatable bonds is 6. The van der Waals surface area contributed by atoms with Crippen LogP contribution in [-0.2, 0) is 16.1 Å². The van der Waals surface area contributed by atoms with E-state index < -0.39 is 0 Å². The van der Waals surface area contributed by atoms with Gasteiger partial charge in [0.25, 0.3) is 0 Å². The van der Waals surface area contributed by atoms with Crippen LogP contribution in [0.15, 0.2) is 36.2 Å². The Hall–Kier alpha value is -2.17. The van der Waals surface area contributed by atoms with Crippen LogP contribution in [0.1, 0.15) is 44.1 Å². The molecule has 1 aromatic rings. The summed E-state index contributed by atoms with van der Waals surface area (Å²) in [5.41, 5.74) is 2.44. The molecule has 2 amide bonds. The van der Waals surface area contributed by atoms with Crippen molar-refractivity contribution in [1.29, 1.82) is 0 Å². The van der Waals surface area contributed by atoms with Gasteiger partial charge in [-0.05, 0) is 43.7 Å². The molecule has 2 heterocycles. The van der Waals surface area contributed by atoms with Crippen LogP contribution < -0.4 is 5.32 Å². The first-order chi connectivity index (χ1) is 11.7. The average Bonchev–Trinajstić information content (AvgIpc) is 3.00. The number of allylic oxidation sites excluding steroid dienone is 1. The quantitative estimate of drug-likeness (QED) is 0.816. The predicted molar refractivity (Wildman–Crippen MR) is 91.9 cm³/mol. The Balaban J connectivity index is 1.45. The van der Waals surface area contributed by atoms with Crippen LogP contribution in [0.5, 0.6) is 0 Å². The topological polar surface area (TPSA) is 62.3 Å². The van der Waals surface area contributed by atoms with Gasteiger partial charge >= 0.3 is 0 Å². The number of amides is 2. The number of carbonyl (C=O) groups is 2. The fourth-order valence-electron chi connectivity index (χ4n) is 3.41. The predicted octanol–water partition coefficient (Wildman–Crippen LogP) is 2.44. The van der Waals surface area contributed by atoms with Crippen LogP contribution in [0.3, 0.4) is 0 Å². The Bertz CT molecular complexity index is 612. The molecule has 1 saturated heterocycles. The van der Waals surface area contributed by atoms with Crippen LogP contribution in [0.25, 0.3) is 0 Å². The summed E-state index contributed by atoms with van der Waals surface area (Å²) in [5.74, 6) is -0.158. The van der Waals surface area contributed by atoms with E-state index in [-0.39, 0.29) is 17.7 Å². The molecule has 0 radical (unpaired) electrons. The molecule has 5 heteroatoms. The van der Waals surface area contributed by atoms with Crippen molar-refractivity contribution in [2.75, 3.05) is 13.1 Å². The summed E-state index contributed by atoms with van der Waals surface area (Å²) < 4.78 is 0. The normalized spacial score (nSPS) is 20.8. The van der Waals surface area contributed by atoms with Crippen molar-refractivity contribution in [3.63, 3.8) is 0 Å². The second kappa shape index (κ2) is 8.08. The Morgan fingerprint density at radius 1 is 1.38 bits per heavy atom. The molecule has 1 aromatic heterocycles. The van der Waals surface area contributed by atoms with Crippen molar-refractivity contribution in [2.45, 2.75) is 45.1 Å². The highest BCUT2D eigenvalue weighted by Crippen LogP contribution is 2.23. The number of carbonyl (C=O) groups excluding carboxylic acids is 2. The third-order valence-electron chi connectivity index (χ3n) is 4.86. The van der Waals surface area contributed by atoms with Crippen molar-refractivity contribution in [2.24, 2.45) is 5.92 Å². The maximum absolute atomic E-state index is 12.3. The Labute approximate surface area is 143 Å². The second-order valence-electron chi connectivity index (χ2n) is 6.68. The number of nitrogens with one attached hydrogen (secondary N) is 1. The molecule has 5 nitrogen and oxygen atoms in total. The molecular weight excluding hydrogens is 302 g/mol. The van der Waals surface area contributed by atoms with E-state index in [2.05, 4.69) is 16.4 Å². The molecule has 3 rings (SSSR count). The van der Waals surface area contributed by atoms with Gasteiger partial charge in [-0.3, -0.25) is 14.6 Å². The van der Waals surface area contributed by atoms with E-state index in [9.17, 15) is 9.59 Å². The van der Waals surface area contributed by atoms with Crippen LogP contribution in [0, 0.1) is 5.92 Å². The SMILES string of the molecule is O=C(NCc1cccnc1)C1CC(=O)N(CCC2=CCCCC2)C1. The first-order valence-electron chi connectivity index (χ1n) is 8.84. The summed E-state index contributed by atoms with van der Waals surface area (Å²) in [6.07, 6.45) is 11.9. The summed E-state index contributed by atoms with van der Waals surface area (Å²) in [4.78, 5) is 30.3. The average molecular weight is 327 g/mol. The molecule has 2 aliphatic rings. The molecule has 0 spiro atoms. The Morgan fingerprint density at radius 2 is 2.29 bits per heavy atom. The third kappa shape index (κ3) is 4.43. The highest BCUT2D eigenvalue weighted by Gasteiger charge is 2.33. The number of nitrogens with zero attached hydrogens (tertiary/aromatic N) is 2. The van der Waals surface area contributed by atoms with E-state index in [0.717, 1.165) is 24.9 Å². The van der Waals surface area contributed by atoms with Crippen molar-refractivity contribution >= 4 is 11.8 Å². The number of pyridine rings is 1. The molecular formula is C19H25N3O2. The number of likely N-dealkylation sites (tertiary alicyclic amines) is 1. The summed E-state index contributed by atoms with van der Waals surface area (Å²) >= 11 is 0. The van der Waals surface area contributed by atoms with Crippen molar-refractivity contribution in [3.8, 4) is 0 Å². The van der Waals surface area contributed by atoms with E-state index in [1.807, 2.05) is 17.0 Å². The van der Waals surface area contributed by atoms with E-state index in [4.69, 9.17) is 0 Å². The summed E-state index contributed by atoms with van der Waals surface area (Å²) in [6.45, 7) is 1.76. The molecule has 1 atom stereocenters. The highest BCUT2D eigenvalue weighted by molar-refractivity contribution is 5.89. The van der Waals surface area contributed by atoms with Gasteiger partial charge in [0.2, 0.25) is 11.8 Å². The Morgan fingerprint density at radius 3 is 3.04 bits per heavy atom. The molecule has 1 unspecified atom stereocenters. The lowest BCUT2D eigenvalue weighted by Gasteiger charge is -2.19. The van der Waals surface area contributed by atoms with E-state index in [1.165, 1.54) is 24.8 Å². The minimum atomic E-state index is -0.227. The first-order valence-corrected chi connectivity index (χ1v) is 8.84. The minimum absolute atomic E-state index is 0.0356.